The number of carbonyl (C=O) groups is 2. The van der Waals surface area contributed by atoms with Crippen LogP contribution in [0.15, 0.2) is 30.3 Å². The Bertz CT molecular complexity index is 1050. The maximum absolute atomic E-state index is 13.6. The summed E-state index contributed by atoms with van der Waals surface area (Å²) in [7, 11) is 2.07. The zero-order valence-electron chi connectivity index (χ0n) is 21.5. The van der Waals surface area contributed by atoms with Gasteiger partial charge in [0, 0.05) is 50.4 Å². The number of nitrogens with zero attached hydrogens (tertiary/aromatic N) is 5. The van der Waals surface area contributed by atoms with E-state index in [-0.39, 0.29) is 17.9 Å². The van der Waals surface area contributed by atoms with Gasteiger partial charge in [-0.3, -0.25) is 19.2 Å². The molecule has 2 amide bonds. The van der Waals surface area contributed by atoms with E-state index in [1.54, 1.807) is 0 Å². The van der Waals surface area contributed by atoms with Gasteiger partial charge in [0.2, 0.25) is 5.91 Å². The number of ether oxygens (including phenoxy) is 1. The Balaban J connectivity index is 1.36. The van der Waals surface area contributed by atoms with E-state index in [0.717, 1.165) is 62.9 Å². The first-order chi connectivity index (χ1) is 17.6. The van der Waals surface area contributed by atoms with Crippen LogP contribution in [0.4, 0.5) is 0 Å². The second kappa shape index (κ2) is 11.6. The fraction of sp³-hybridized carbons (Fsp3) is 0.607. The highest BCUT2D eigenvalue weighted by Crippen LogP contribution is 2.27. The zero-order chi connectivity index (χ0) is 24.9. The Labute approximate surface area is 214 Å². The van der Waals surface area contributed by atoms with E-state index in [2.05, 4.69) is 36.2 Å². The summed E-state index contributed by atoms with van der Waals surface area (Å²) in [5, 5.41) is 4.87. The molecule has 4 heterocycles. The van der Waals surface area contributed by atoms with E-state index in [4.69, 9.17) is 9.84 Å². The quantitative estimate of drug-likeness (QED) is 0.619. The smallest absolute Gasteiger partial charge is 0.274 e. The van der Waals surface area contributed by atoms with Crippen molar-refractivity contribution in [3.05, 3.63) is 52.8 Å². The fourth-order valence-corrected chi connectivity index (χ4v) is 5.80. The van der Waals surface area contributed by atoms with Crippen molar-refractivity contribution in [2.24, 2.45) is 0 Å². The minimum Gasteiger partial charge on any atom is -0.378 e. The summed E-state index contributed by atoms with van der Waals surface area (Å²) in [4.78, 5) is 33.2. The Kier molecular flexibility index (Phi) is 8.02. The molecule has 0 spiro atoms. The van der Waals surface area contributed by atoms with Crippen LogP contribution in [0.2, 0.25) is 0 Å². The van der Waals surface area contributed by atoms with Gasteiger partial charge in [-0.15, -0.1) is 0 Å². The largest absolute Gasteiger partial charge is 0.378 e. The summed E-state index contributed by atoms with van der Waals surface area (Å²) in [6.07, 6.45) is 7.02. The molecule has 0 radical (unpaired) electrons. The van der Waals surface area contributed by atoms with Crippen LogP contribution in [0.1, 0.15) is 59.4 Å². The lowest BCUT2D eigenvalue weighted by atomic mass is 10.0. The lowest BCUT2D eigenvalue weighted by Crippen LogP contribution is -2.48. The molecule has 0 saturated carbocycles. The summed E-state index contributed by atoms with van der Waals surface area (Å²) in [6, 6.07) is 10.4. The monoisotopic (exact) mass is 493 g/mol. The number of hydrogen-bond donors (Lipinski definition) is 0. The number of aromatic nitrogens is 2. The fourth-order valence-electron chi connectivity index (χ4n) is 5.80. The summed E-state index contributed by atoms with van der Waals surface area (Å²) in [6.45, 7) is 5.19. The molecule has 3 aliphatic heterocycles. The van der Waals surface area contributed by atoms with Gasteiger partial charge < -0.3 is 14.5 Å². The van der Waals surface area contributed by atoms with Crippen molar-refractivity contribution in [2.75, 3.05) is 46.4 Å². The molecule has 0 N–H and O–H groups in total. The van der Waals surface area contributed by atoms with E-state index in [9.17, 15) is 9.59 Å². The molecular weight excluding hydrogens is 454 g/mol. The van der Waals surface area contributed by atoms with Gasteiger partial charge >= 0.3 is 0 Å². The van der Waals surface area contributed by atoms with Crippen molar-refractivity contribution in [3.8, 4) is 0 Å². The summed E-state index contributed by atoms with van der Waals surface area (Å²) in [5.74, 6) is 0.170. The van der Waals surface area contributed by atoms with E-state index >= 15 is 0 Å². The molecule has 2 saturated heterocycles. The third kappa shape index (κ3) is 5.49. The lowest BCUT2D eigenvalue weighted by Gasteiger charge is -2.34. The highest BCUT2D eigenvalue weighted by atomic mass is 16.5. The van der Waals surface area contributed by atoms with E-state index in [1.165, 1.54) is 12.0 Å². The van der Waals surface area contributed by atoms with Crippen LogP contribution >= 0.6 is 0 Å². The lowest BCUT2D eigenvalue weighted by molar-refractivity contribution is -0.137. The first kappa shape index (κ1) is 25.0. The average molecular weight is 494 g/mol. The molecule has 194 valence electrons. The minimum atomic E-state index is -0.0617. The Morgan fingerprint density at radius 3 is 2.61 bits per heavy atom. The number of morpholine rings is 1. The normalized spacial score (nSPS) is 21.2. The van der Waals surface area contributed by atoms with Crippen LogP contribution in [-0.4, -0.2) is 88.8 Å². The summed E-state index contributed by atoms with van der Waals surface area (Å²) < 4.78 is 7.50. The second-order valence-corrected chi connectivity index (χ2v) is 10.3. The van der Waals surface area contributed by atoms with Crippen LogP contribution in [0, 0.1) is 0 Å². The molecule has 36 heavy (non-hydrogen) atoms. The predicted molar refractivity (Wildman–Crippen MR) is 138 cm³/mol. The molecule has 1 atom stereocenters. The standard InChI is InChI=1S/C28H39N5O3/c1-30-14-7-3-6-12-25(30)27(34)32-16-13-24-23(21-32)26(28(35)31-17-19-36-20-18-31)29-33(24)15-8-11-22-9-4-2-5-10-22/h2,4-5,9-10,25H,3,6-8,11-21H2,1H3/t25-/m0/s1. The molecule has 0 unspecified atom stereocenters. The molecule has 8 heteroatoms. The summed E-state index contributed by atoms with van der Waals surface area (Å²) >= 11 is 0. The van der Waals surface area contributed by atoms with Crippen molar-refractivity contribution in [1.82, 2.24) is 24.5 Å². The van der Waals surface area contributed by atoms with Crippen LogP contribution in [-0.2, 0) is 35.5 Å². The van der Waals surface area contributed by atoms with Crippen LogP contribution in [0.25, 0.3) is 0 Å². The first-order valence-electron chi connectivity index (χ1n) is 13.6. The number of benzene rings is 1. The van der Waals surface area contributed by atoms with Crippen LogP contribution in [0.5, 0.6) is 0 Å². The molecule has 1 aromatic carbocycles. The Hall–Kier alpha value is -2.71. The summed E-state index contributed by atoms with van der Waals surface area (Å²) in [5.41, 5.74) is 3.91. The minimum absolute atomic E-state index is 0.0303. The van der Waals surface area contributed by atoms with E-state index < -0.39 is 0 Å². The zero-order valence-corrected chi connectivity index (χ0v) is 21.5. The maximum Gasteiger partial charge on any atom is 0.274 e. The highest BCUT2D eigenvalue weighted by molar-refractivity contribution is 5.94. The van der Waals surface area contributed by atoms with E-state index in [0.29, 0.717) is 45.1 Å². The third-order valence-electron chi connectivity index (χ3n) is 7.93. The number of likely N-dealkylation sites (N-methyl/N-ethyl adjacent to an activating group) is 1. The van der Waals surface area contributed by atoms with Gasteiger partial charge in [0.15, 0.2) is 5.69 Å². The number of likely N-dealkylation sites (tertiary alicyclic amines) is 1. The number of fused-ring (bicyclic) bond motifs is 1. The first-order valence-corrected chi connectivity index (χ1v) is 13.6. The number of rotatable bonds is 6. The third-order valence-corrected chi connectivity index (χ3v) is 7.93. The maximum atomic E-state index is 13.6. The molecule has 8 nitrogen and oxygen atoms in total. The van der Waals surface area contributed by atoms with Gasteiger partial charge in [0.25, 0.3) is 5.91 Å². The predicted octanol–water partition coefficient (Wildman–Crippen LogP) is 2.75. The van der Waals surface area contributed by atoms with E-state index in [1.807, 2.05) is 20.5 Å². The molecule has 0 aliphatic carbocycles. The van der Waals surface area contributed by atoms with Crippen molar-refractivity contribution >= 4 is 11.8 Å². The average Bonchev–Trinajstić information content (AvgIpc) is 3.14. The van der Waals surface area contributed by atoms with Crippen molar-refractivity contribution in [1.29, 1.82) is 0 Å². The topological polar surface area (TPSA) is 70.9 Å². The Morgan fingerprint density at radius 2 is 1.81 bits per heavy atom. The van der Waals surface area contributed by atoms with Gasteiger partial charge in [-0.05, 0) is 44.8 Å². The van der Waals surface area contributed by atoms with Crippen LogP contribution in [0.3, 0.4) is 0 Å². The van der Waals surface area contributed by atoms with Gasteiger partial charge in [-0.1, -0.05) is 43.2 Å². The van der Waals surface area contributed by atoms with Crippen LogP contribution < -0.4 is 0 Å². The SMILES string of the molecule is CN1CCCCC[C@H]1C(=O)N1CCc2c(c(C(=O)N3CCOCC3)nn2CCCc2ccccc2)C1. The van der Waals surface area contributed by atoms with Gasteiger partial charge in [-0.2, -0.15) is 5.10 Å². The molecular formula is C28H39N5O3. The molecule has 2 aromatic rings. The molecule has 0 bridgehead atoms. The number of carbonyl (C=O) groups excluding carboxylic acids is 2. The van der Waals surface area contributed by atoms with Gasteiger partial charge in [0.1, 0.15) is 0 Å². The second-order valence-electron chi connectivity index (χ2n) is 10.3. The number of amides is 2. The van der Waals surface area contributed by atoms with Gasteiger partial charge in [0.05, 0.1) is 19.3 Å². The highest BCUT2D eigenvalue weighted by Gasteiger charge is 2.35. The number of hydrogen-bond acceptors (Lipinski definition) is 5. The molecule has 1 aromatic heterocycles. The molecule has 3 aliphatic rings. The van der Waals surface area contributed by atoms with Crippen molar-refractivity contribution in [3.63, 3.8) is 0 Å². The Morgan fingerprint density at radius 1 is 1.00 bits per heavy atom. The van der Waals surface area contributed by atoms with Crippen molar-refractivity contribution in [2.45, 2.75) is 64.1 Å². The molecule has 2 fully saturated rings. The van der Waals surface area contributed by atoms with Gasteiger partial charge in [-0.25, -0.2) is 0 Å². The number of aryl methyl sites for hydroxylation is 2. The van der Waals surface area contributed by atoms with Crippen molar-refractivity contribution < 1.29 is 14.3 Å². The molecule has 5 rings (SSSR count).